The summed E-state index contributed by atoms with van der Waals surface area (Å²) in [6, 6.07) is 3.61. The molecule has 0 heterocycles. The minimum Gasteiger partial charge on any atom is -0.206 e. The van der Waals surface area contributed by atoms with Gasteiger partial charge in [-0.05, 0) is 15.9 Å². The van der Waals surface area contributed by atoms with E-state index in [1.165, 1.54) is 6.07 Å². The van der Waals surface area contributed by atoms with E-state index in [9.17, 15) is 30.7 Å². The third-order valence-corrected chi connectivity index (χ3v) is 2.36. The highest BCUT2D eigenvalue weighted by molar-refractivity contribution is 9.10. The van der Waals surface area contributed by atoms with Gasteiger partial charge in [0.05, 0.1) is 10.5 Å². The smallest absolute Gasteiger partial charge is 0.170 e. The zero-order valence-electron chi connectivity index (χ0n) is 9.18. The monoisotopic (exact) mass is 358 g/mol. The van der Waals surface area contributed by atoms with Crippen molar-refractivity contribution in [3.8, 4) is 0 Å². The Morgan fingerprint density at radius 2 is 0.950 bits per heavy atom. The van der Waals surface area contributed by atoms with E-state index >= 15 is 0 Å². The minimum absolute atomic E-state index is 0.126. The lowest BCUT2D eigenvalue weighted by Crippen LogP contribution is -1.90. The van der Waals surface area contributed by atoms with E-state index in [2.05, 4.69) is 15.9 Å². The molecule has 0 nitrogen and oxygen atoms in total. The van der Waals surface area contributed by atoms with Gasteiger partial charge < -0.3 is 0 Å². The van der Waals surface area contributed by atoms with Crippen LogP contribution < -0.4 is 0 Å². The number of hydrogen-bond acceptors (Lipinski definition) is 0. The van der Waals surface area contributed by atoms with Gasteiger partial charge in [0.15, 0.2) is 34.9 Å². The van der Waals surface area contributed by atoms with E-state index in [0.29, 0.717) is 6.07 Å². The molecule has 0 saturated carbocycles. The van der Waals surface area contributed by atoms with Crippen LogP contribution in [-0.2, 0) is 0 Å². The van der Waals surface area contributed by atoms with Crippen LogP contribution in [0.25, 0.3) is 0 Å². The van der Waals surface area contributed by atoms with Crippen molar-refractivity contribution in [3.05, 3.63) is 69.5 Å². The predicted octanol–water partition coefficient (Wildman–Crippen LogP) is 4.71. The fraction of sp³-hybridized carbons (Fsp3) is 0. The van der Waals surface area contributed by atoms with Crippen molar-refractivity contribution in [3.63, 3.8) is 0 Å². The molecular weight excluding hydrogens is 357 g/mol. The molecule has 2 radical (unpaired) electrons. The molecule has 0 spiro atoms. The lowest BCUT2D eigenvalue weighted by atomic mass is 10.3. The second-order valence-electron chi connectivity index (χ2n) is 3.19. The Bertz CT molecular complexity index is 472. The van der Waals surface area contributed by atoms with Crippen LogP contribution in [0.15, 0.2) is 16.6 Å². The summed E-state index contributed by atoms with van der Waals surface area (Å²) in [4.78, 5) is 0. The van der Waals surface area contributed by atoms with Crippen molar-refractivity contribution >= 4 is 15.9 Å². The predicted molar refractivity (Wildman–Crippen MR) is 58.0 cm³/mol. The van der Waals surface area contributed by atoms with Crippen molar-refractivity contribution < 1.29 is 30.7 Å². The average molecular weight is 359 g/mol. The van der Waals surface area contributed by atoms with E-state index in [1.54, 1.807) is 6.07 Å². The minimum atomic E-state index is -1.51. The Kier molecular flexibility index (Phi) is 5.55. The van der Waals surface area contributed by atoms with Gasteiger partial charge in [0.25, 0.3) is 0 Å². The summed E-state index contributed by atoms with van der Waals surface area (Å²) in [6.07, 6.45) is 0. The van der Waals surface area contributed by atoms with Crippen molar-refractivity contribution in [2.75, 3.05) is 0 Å². The first-order valence-corrected chi connectivity index (χ1v) is 5.46. The molecule has 0 N–H and O–H groups in total. The number of hydrogen-bond donors (Lipinski definition) is 0. The van der Waals surface area contributed by atoms with Gasteiger partial charge in [0.2, 0.25) is 0 Å². The third kappa shape index (κ3) is 4.22. The highest BCUT2D eigenvalue weighted by Gasteiger charge is 2.09. The molecule has 2 rings (SSSR count). The molecule has 2 aromatic rings. The number of rotatable bonds is 0. The maximum absolute atomic E-state index is 12.3. The van der Waals surface area contributed by atoms with Gasteiger partial charge in [-0.1, -0.05) is 0 Å². The fourth-order valence-electron chi connectivity index (χ4n) is 0.907. The first kappa shape index (κ1) is 16.5. The number of benzene rings is 2. The van der Waals surface area contributed by atoms with E-state index in [4.69, 9.17) is 0 Å². The highest BCUT2D eigenvalue weighted by atomic mass is 79.9. The standard InChI is InChI=1S/C6HBrF3.C6HF4/c7-3-1-5(9)6(10)2-4(3)8;7-3-1-4(8)6(10)2-5(3)9/h2H;1H. The molecule has 0 aliphatic rings. The van der Waals surface area contributed by atoms with Crippen LogP contribution in [0.3, 0.4) is 0 Å². The topological polar surface area (TPSA) is 0 Å². The Labute approximate surface area is 117 Å². The maximum atomic E-state index is 12.3. The molecule has 0 fully saturated rings. The van der Waals surface area contributed by atoms with E-state index in [-0.39, 0.29) is 10.5 Å². The fourth-order valence-corrected chi connectivity index (χ4v) is 1.20. The molecule has 0 unspecified atom stereocenters. The van der Waals surface area contributed by atoms with Gasteiger partial charge in [-0.2, -0.15) is 0 Å². The summed E-state index contributed by atoms with van der Waals surface area (Å²) >= 11 is 2.64. The molecule has 0 bridgehead atoms. The molecule has 106 valence electrons. The number of halogens is 8. The average Bonchev–Trinajstić information content (AvgIpc) is 2.35. The van der Waals surface area contributed by atoms with Crippen LogP contribution in [0.4, 0.5) is 30.7 Å². The molecule has 0 saturated heterocycles. The second-order valence-corrected chi connectivity index (χ2v) is 3.98. The van der Waals surface area contributed by atoms with Crippen molar-refractivity contribution in [1.82, 2.24) is 0 Å². The van der Waals surface area contributed by atoms with E-state index in [0.717, 1.165) is 0 Å². The van der Waals surface area contributed by atoms with E-state index < -0.39 is 40.7 Å². The van der Waals surface area contributed by atoms with Gasteiger partial charge in [-0.25, -0.2) is 30.7 Å². The molecule has 2 aromatic carbocycles. The first-order valence-electron chi connectivity index (χ1n) is 4.67. The molecular formula is C12H2BrF7. The van der Waals surface area contributed by atoms with Crippen LogP contribution in [-0.4, -0.2) is 0 Å². The Morgan fingerprint density at radius 3 is 1.30 bits per heavy atom. The summed E-state index contributed by atoms with van der Waals surface area (Å²) < 4.78 is 84.0. The molecule has 0 amide bonds. The second kappa shape index (κ2) is 6.74. The normalized spacial score (nSPS) is 10.0. The van der Waals surface area contributed by atoms with Crippen LogP contribution in [0.5, 0.6) is 0 Å². The Hall–Kier alpha value is -1.57. The Balaban J connectivity index is 0.000000200. The molecule has 0 atom stereocenters. The van der Waals surface area contributed by atoms with Crippen LogP contribution >= 0.6 is 15.9 Å². The SMILES string of the molecule is Fc1[c]c(Br)c(F)cc1F.Fc1[c]c(F)c(F)cc1F. The lowest BCUT2D eigenvalue weighted by Gasteiger charge is -1.93. The highest BCUT2D eigenvalue weighted by Crippen LogP contribution is 2.17. The van der Waals surface area contributed by atoms with Crippen LogP contribution in [0, 0.1) is 52.9 Å². The van der Waals surface area contributed by atoms with Crippen LogP contribution in [0.2, 0.25) is 0 Å². The third-order valence-electron chi connectivity index (χ3n) is 1.78. The molecule has 20 heavy (non-hydrogen) atoms. The zero-order chi connectivity index (χ0) is 15.4. The van der Waals surface area contributed by atoms with Crippen molar-refractivity contribution in [2.24, 2.45) is 0 Å². The summed E-state index contributed by atoms with van der Waals surface area (Å²) in [7, 11) is 0. The van der Waals surface area contributed by atoms with Gasteiger partial charge in [-0.15, -0.1) is 0 Å². The van der Waals surface area contributed by atoms with E-state index in [1.807, 2.05) is 0 Å². The van der Waals surface area contributed by atoms with Crippen molar-refractivity contribution in [2.45, 2.75) is 0 Å². The quantitative estimate of drug-likeness (QED) is 0.472. The Morgan fingerprint density at radius 1 is 0.600 bits per heavy atom. The largest absolute Gasteiger partial charge is 0.206 e. The zero-order valence-corrected chi connectivity index (χ0v) is 10.8. The molecule has 0 aliphatic carbocycles. The van der Waals surface area contributed by atoms with Gasteiger partial charge in [0, 0.05) is 18.2 Å². The summed E-state index contributed by atoms with van der Waals surface area (Å²) in [6.45, 7) is 0. The lowest BCUT2D eigenvalue weighted by molar-refractivity contribution is 0.451. The first-order chi connectivity index (χ1) is 9.22. The molecule has 0 aromatic heterocycles. The van der Waals surface area contributed by atoms with Gasteiger partial charge in [-0.3, -0.25) is 0 Å². The molecule has 0 aliphatic heterocycles. The summed E-state index contributed by atoms with van der Waals surface area (Å²) in [5.41, 5.74) is 0. The summed E-state index contributed by atoms with van der Waals surface area (Å²) in [5, 5.41) is 0. The summed E-state index contributed by atoms with van der Waals surface area (Å²) in [5.74, 6) is -9.21. The van der Waals surface area contributed by atoms with Crippen LogP contribution in [0.1, 0.15) is 0 Å². The van der Waals surface area contributed by atoms with Gasteiger partial charge >= 0.3 is 0 Å². The van der Waals surface area contributed by atoms with Gasteiger partial charge in [0.1, 0.15) is 5.82 Å². The molecule has 8 heteroatoms. The maximum Gasteiger partial charge on any atom is 0.170 e. The van der Waals surface area contributed by atoms with Crippen molar-refractivity contribution in [1.29, 1.82) is 0 Å².